The summed E-state index contributed by atoms with van der Waals surface area (Å²) in [5, 5.41) is 14.8. The van der Waals surface area contributed by atoms with Crippen molar-refractivity contribution in [2.45, 2.75) is 12.8 Å². The maximum absolute atomic E-state index is 12.1. The van der Waals surface area contributed by atoms with E-state index >= 15 is 0 Å². The highest BCUT2D eigenvalue weighted by Gasteiger charge is 2.11. The van der Waals surface area contributed by atoms with E-state index in [2.05, 4.69) is 10.3 Å². The Kier molecular flexibility index (Phi) is 5.23. The molecule has 4 nitrogen and oxygen atoms in total. The molecule has 0 aliphatic rings. The number of thiazole rings is 1. The van der Waals surface area contributed by atoms with Crippen LogP contribution in [0.2, 0.25) is 0 Å². The minimum Gasteiger partial charge on any atom is -0.508 e. The predicted octanol–water partition coefficient (Wildman–Crippen LogP) is 3.88. The van der Waals surface area contributed by atoms with Crippen molar-refractivity contribution >= 4 is 17.2 Å². The van der Waals surface area contributed by atoms with Gasteiger partial charge in [-0.25, -0.2) is 4.98 Å². The summed E-state index contributed by atoms with van der Waals surface area (Å²) in [6, 6.07) is 17.0. The number of benzene rings is 2. The topological polar surface area (TPSA) is 62.2 Å². The third kappa shape index (κ3) is 4.20. The quantitative estimate of drug-likeness (QED) is 0.671. The average Bonchev–Trinajstić information content (AvgIpc) is 3.11. The molecule has 3 aromatic rings. The number of phenols is 1. The SMILES string of the molecule is O=C(NCCCc1ccc(O)cc1)c1csc(-c2ccccc2)n1. The molecular formula is C19H18N2O2S. The van der Waals surface area contributed by atoms with Crippen LogP contribution in [0.4, 0.5) is 0 Å². The Morgan fingerprint density at radius 3 is 2.58 bits per heavy atom. The highest BCUT2D eigenvalue weighted by Crippen LogP contribution is 2.23. The zero-order valence-electron chi connectivity index (χ0n) is 13.1. The molecule has 24 heavy (non-hydrogen) atoms. The molecule has 0 saturated carbocycles. The van der Waals surface area contributed by atoms with Crippen LogP contribution >= 0.6 is 11.3 Å². The molecule has 0 aliphatic heterocycles. The predicted molar refractivity (Wildman–Crippen MR) is 96.3 cm³/mol. The molecule has 0 unspecified atom stereocenters. The van der Waals surface area contributed by atoms with Gasteiger partial charge in [-0.1, -0.05) is 42.5 Å². The Morgan fingerprint density at radius 1 is 1.08 bits per heavy atom. The number of phenolic OH excluding ortho intramolecular Hbond substituents is 1. The number of aromatic hydroxyl groups is 1. The molecule has 0 aliphatic carbocycles. The molecular weight excluding hydrogens is 320 g/mol. The molecule has 0 saturated heterocycles. The fourth-order valence-electron chi connectivity index (χ4n) is 2.34. The summed E-state index contributed by atoms with van der Waals surface area (Å²) in [5.41, 5.74) is 2.62. The lowest BCUT2D eigenvalue weighted by molar-refractivity contribution is 0.0949. The Bertz CT molecular complexity index is 798. The van der Waals surface area contributed by atoms with Crippen molar-refractivity contribution < 1.29 is 9.90 Å². The molecule has 0 atom stereocenters. The van der Waals surface area contributed by atoms with E-state index in [4.69, 9.17) is 0 Å². The highest BCUT2D eigenvalue weighted by molar-refractivity contribution is 7.13. The van der Waals surface area contributed by atoms with E-state index in [0.717, 1.165) is 29.0 Å². The summed E-state index contributed by atoms with van der Waals surface area (Å²) < 4.78 is 0. The van der Waals surface area contributed by atoms with E-state index in [9.17, 15) is 9.90 Å². The first kappa shape index (κ1) is 16.2. The molecule has 0 fully saturated rings. The molecule has 0 radical (unpaired) electrons. The van der Waals surface area contributed by atoms with Gasteiger partial charge in [-0.15, -0.1) is 11.3 Å². The van der Waals surface area contributed by atoms with Gasteiger partial charge in [0.05, 0.1) is 0 Å². The number of carbonyl (C=O) groups is 1. The van der Waals surface area contributed by atoms with Gasteiger partial charge in [0.2, 0.25) is 0 Å². The number of hydrogen-bond acceptors (Lipinski definition) is 4. The van der Waals surface area contributed by atoms with Crippen molar-refractivity contribution in [2.75, 3.05) is 6.54 Å². The van der Waals surface area contributed by atoms with Crippen LogP contribution in [-0.2, 0) is 6.42 Å². The lowest BCUT2D eigenvalue weighted by atomic mass is 10.1. The summed E-state index contributed by atoms with van der Waals surface area (Å²) in [6.07, 6.45) is 1.69. The third-order valence-corrected chi connectivity index (χ3v) is 4.51. The van der Waals surface area contributed by atoms with Crippen LogP contribution in [0.1, 0.15) is 22.5 Å². The second-order valence-corrected chi connectivity index (χ2v) is 6.29. The van der Waals surface area contributed by atoms with E-state index < -0.39 is 0 Å². The molecule has 1 amide bonds. The molecule has 2 N–H and O–H groups in total. The van der Waals surface area contributed by atoms with Gasteiger partial charge in [0, 0.05) is 17.5 Å². The van der Waals surface area contributed by atoms with E-state index in [1.165, 1.54) is 11.3 Å². The number of nitrogens with zero attached hydrogens (tertiary/aromatic N) is 1. The number of aryl methyl sites for hydroxylation is 1. The van der Waals surface area contributed by atoms with Crippen molar-refractivity contribution in [3.63, 3.8) is 0 Å². The van der Waals surface area contributed by atoms with Gasteiger partial charge in [0.15, 0.2) is 0 Å². The lowest BCUT2D eigenvalue weighted by Gasteiger charge is -2.04. The average molecular weight is 338 g/mol. The summed E-state index contributed by atoms with van der Waals surface area (Å²) in [7, 11) is 0. The molecule has 3 rings (SSSR count). The number of rotatable bonds is 6. The van der Waals surface area contributed by atoms with Gasteiger partial charge in [-0.3, -0.25) is 4.79 Å². The van der Waals surface area contributed by atoms with Crippen LogP contribution in [0.25, 0.3) is 10.6 Å². The Hall–Kier alpha value is -2.66. The van der Waals surface area contributed by atoms with Crippen LogP contribution in [0.5, 0.6) is 5.75 Å². The Morgan fingerprint density at radius 2 is 1.83 bits per heavy atom. The van der Waals surface area contributed by atoms with Crippen LogP contribution in [0.3, 0.4) is 0 Å². The van der Waals surface area contributed by atoms with Crippen LogP contribution in [0.15, 0.2) is 60.0 Å². The molecule has 2 aromatic carbocycles. The number of nitrogens with one attached hydrogen (secondary N) is 1. The second-order valence-electron chi connectivity index (χ2n) is 5.43. The van der Waals surface area contributed by atoms with Crippen molar-refractivity contribution in [3.05, 3.63) is 71.2 Å². The third-order valence-electron chi connectivity index (χ3n) is 3.62. The fraction of sp³-hybridized carbons (Fsp3) is 0.158. The van der Waals surface area contributed by atoms with E-state index in [0.29, 0.717) is 12.2 Å². The van der Waals surface area contributed by atoms with Gasteiger partial charge in [-0.05, 0) is 30.5 Å². The van der Waals surface area contributed by atoms with Gasteiger partial charge in [0.1, 0.15) is 16.5 Å². The minimum absolute atomic E-state index is 0.140. The largest absolute Gasteiger partial charge is 0.508 e. The van der Waals surface area contributed by atoms with Crippen LogP contribution < -0.4 is 5.32 Å². The first-order chi connectivity index (χ1) is 11.7. The number of hydrogen-bond donors (Lipinski definition) is 2. The first-order valence-corrected chi connectivity index (χ1v) is 8.67. The zero-order chi connectivity index (χ0) is 16.8. The fourth-order valence-corrected chi connectivity index (χ4v) is 3.15. The van der Waals surface area contributed by atoms with Crippen molar-refractivity contribution in [3.8, 4) is 16.3 Å². The molecule has 1 heterocycles. The summed E-state index contributed by atoms with van der Waals surface area (Å²) in [4.78, 5) is 16.6. The maximum atomic E-state index is 12.1. The van der Waals surface area contributed by atoms with Gasteiger partial charge < -0.3 is 10.4 Å². The standard InChI is InChI=1S/C19H18N2O2S/c22-16-10-8-14(9-11-16)5-4-12-20-18(23)17-13-24-19(21-17)15-6-2-1-3-7-15/h1-3,6-11,13,22H,4-5,12H2,(H,20,23). The summed E-state index contributed by atoms with van der Waals surface area (Å²) in [5.74, 6) is 0.129. The van der Waals surface area contributed by atoms with Gasteiger partial charge in [0.25, 0.3) is 5.91 Å². The van der Waals surface area contributed by atoms with E-state index in [1.54, 1.807) is 17.5 Å². The highest BCUT2D eigenvalue weighted by atomic mass is 32.1. The van der Waals surface area contributed by atoms with Crippen molar-refractivity contribution in [2.24, 2.45) is 0 Å². The number of carbonyl (C=O) groups excluding carboxylic acids is 1. The van der Waals surface area contributed by atoms with Crippen LogP contribution in [-0.4, -0.2) is 22.5 Å². The van der Waals surface area contributed by atoms with Gasteiger partial charge >= 0.3 is 0 Å². The molecule has 0 bridgehead atoms. The van der Waals surface area contributed by atoms with E-state index in [1.807, 2.05) is 42.5 Å². The Balaban J connectivity index is 1.49. The summed E-state index contributed by atoms with van der Waals surface area (Å²) >= 11 is 1.47. The number of amides is 1. The minimum atomic E-state index is -0.140. The molecule has 5 heteroatoms. The number of aromatic nitrogens is 1. The van der Waals surface area contributed by atoms with E-state index in [-0.39, 0.29) is 11.7 Å². The Labute approximate surface area is 144 Å². The lowest BCUT2D eigenvalue weighted by Crippen LogP contribution is -2.25. The molecule has 1 aromatic heterocycles. The maximum Gasteiger partial charge on any atom is 0.270 e. The smallest absolute Gasteiger partial charge is 0.270 e. The van der Waals surface area contributed by atoms with Crippen molar-refractivity contribution in [1.29, 1.82) is 0 Å². The van der Waals surface area contributed by atoms with Gasteiger partial charge in [-0.2, -0.15) is 0 Å². The normalized spacial score (nSPS) is 10.5. The van der Waals surface area contributed by atoms with Crippen LogP contribution in [0, 0.1) is 0 Å². The molecule has 122 valence electrons. The molecule has 0 spiro atoms. The zero-order valence-corrected chi connectivity index (χ0v) is 13.9. The monoisotopic (exact) mass is 338 g/mol. The van der Waals surface area contributed by atoms with Crippen molar-refractivity contribution in [1.82, 2.24) is 10.3 Å². The first-order valence-electron chi connectivity index (χ1n) is 7.79. The summed E-state index contributed by atoms with van der Waals surface area (Å²) in [6.45, 7) is 0.595. The second kappa shape index (κ2) is 7.75.